The third kappa shape index (κ3) is 5.79. The lowest BCUT2D eigenvalue weighted by Gasteiger charge is -2.26. The summed E-state index contributed by atoms with van der Waals surface area (Å²) in [6, 6.07) is 29.0. The second-order valence-corrected chi connectivity index (χ2v) is 10.0. The molecule has 0 aliphatic heterocycles. The number of ether oxygens (including phenoxy) is 3. The Kier molecular flexibility index (Phi) is 7.40. The Labute approximate surface area is 222 Å². The maximum atomic E-state index is 12.4. The fourth-order valence-electron chi connectivity index (χ4n) is 4.30. The SMILES string of the molecule is CC(C)(c1ccc(O)cc1)c1ccc(OC(=O)Oc2ccc(C(C)(C)c3ccc(OC#N)cc3)cc2)cc1. The highest BCUT2D eigenvalue weighted by molar-refractivity contribution is 5.67. The van der Waals surface area contributed by atoms with E-state index in [-0.39, 0.29) is 16.6 Å². The zero-order chi connectivity index (χ0) is 27.3. The van der Waals surface area contributed by atoms with Crippen LogP contribution in [0.4, 0.5) is 4.79 Å². The molecule has 0 heterocycles. The van der Waals surface area contributed by atoms with Crippen molar-refractivity contribution in [3.8, 4) is 29.3 Å². The van der Waals surface area contributed by atoms with E-state index in [1.165, 1.54) is 0 Å². The Morgan fingerprint density at radius 1 is 0.605 bits per heavy atom. The largest absolute Gasteiger partial charge is 0.519 e. The highest BCUT2D eigenvalue weighted by Gasteiger charge is 2.24. The maximum absolute atomic E-state index is 12.4. The van der Waals surface area contributed by atoms with E-state index in [1.54, 1.807) is 54.8 Å². The van der Waals surface area contributed by atoms with E-state index >= 15 is 0 Å². The molecule has 4 rings (SSSR count). The zero-order valence-electron chi connectivity index (χ0n) is 21.8. The third-order valence-electron chi connectivity index (χ3n) is 6.88. The van der Waals surface area contributed by atoms with Gasteiger partial charge in [-0.15, -0.1) is 5.26 Å². The molecule has 0 aromatic heterocycles. The molecule has 0 amide bonds. The van der Waals surface area contributed by atoms with E-state index in [2.05, 4.69) is 27.7 Å². The van der Waals surface area contributed by atoms with Crippen LogP contribution in [-0.4, -0.2) is 11.3 Å². The number of aromatic hydroxyl groups is 1. The summed E-state index contributed by atoms with van der Waals surface area (Å²) in [5.41, 5.74) is 3.55. The molecule has 0 bridgehead atoms. The molecule has 6 heteroatoms. The number of nitrogens with zero attached hydrogens (tertiary/aromatic N) is 1. The number of hydrogen-bond acceptors (Lipinski definition) is 6. The minimum absolute atomic E-state index is 0.225. The van der Waals surface area contributed by atoms with Gasteiger partial charge in [0.15, 0.2) is 0 Å². The van der Waals surface area contributed by atoms with Crippen molar-refractivity contribution in [3.63, 3.8) is 0 Å². The first kappa shape index (κ1) is 26.3. The molecule has 0 saturated carbocycles. The summed E-state index contributed by atoms with van der Waals surface area (Å²) in [5, 5.41) is 18.2. The predicted molar refractivity (Wildman–Crippen MR) is 145 cm³/mol. The predicted octanol–water partition coefficient (Wildman–Crippen LogP) is 7.48. The van der Waals surface area contributed by atoms with Gasteiger partial charge in [-0.25, -0.2) is 4.79 Å². The molecule has 4 aromatic carbocycles. The molecular formula is C32H29NO5. The summed E-state index contributed by atoms with van der Waals surface area (Å²) < 4.78 is 15.6. The van der Waals surface area contributed by atoms with Crippen LogP contribution in [0.3, 0.4) is 0 Å². The lowest BCUT2D eigenvalue weighted by atomic mass is 9.78. The summed E-state index contributed by atoms with van der Waals surface area (Å²) in [6.07, 6.45) is 0.845. The van der Waals surface area contributed by atoms with Crippen molar-refractivity contribution >= 4 is 6.16 Å². The van der Waals surface area contributed by atoms with Crippen molar-refractivity contribution in [1.82, 2.24) is 0 Å². The quantitative estimate of drug-likeness (QED) is 0.158. The van der Waals surface area contributed by atoms with Crippen LogP contribution in [0, 0.1) is 11.5 Å². The Balaban J connectivity index is 1.38. The molecule has 0 unspecified atom stereocenters. The first-order chi connectivity index (χ1) is 18.1. The van der Waals surface area contributed by atoms with Gasteiger partial charge in [-0.3, -0.25) is 0 Å². The van der Waals surface area contributed by atoms with E-state index < -0.39 is 6.16 Å². The van der Waals surface area contributed by atoms with Gasteiger partial charge in [0.1, 0.15) is 23.0 Å². The van der Waals surface area contributed by atoms with Gasteiger partial charge in [0.2, 0.25) is 0 Å². The number of nitriles is 1. The van der Waals surface area contributed by atoms with Gasteiger partial charge in [0.05, 0.1) is 0 Å². The van der Waals surface area contributed by atoms with Crippen LogP contribution in [0.1, 0.15) is 49.9 Å². The summed E-state index contributed by atoms with van der Waals surface area (Å²) >= 11 is 0. The summed E-state index contributed by atoms with van der Waals surface area (Å²) in [4.78, 5) is 12.4. The fourth-order valence-corrected chi connectivity index (χ4v) is 4.30. The van der Waals surface area contributed by atoms with Crippen LogP contribution in [0.5, 0.6) is 23.0 Å². The van der Waals surface area contributed by atoms with Gasteiger partial charge in [-0.05, 0) is 70.8 Å². The molecule has 38 heavy (non-hydrogen) atoms. The molecule has 0 fully saturated rings. The number of phenols is 1. The smallest absolute Gasteiger partial charge is 0.508 e. The van der Waals surface area contributed by atoms with Crippen molar-refractivity contribution < 1.29 is 24.1 Å². The number of benzene rings is 4. The number of hydrogen-bond donors (Lipinski definition) is 1. The van der Waals surface area contributed by atoms with Crippen LogP contribution in [0.25, 0.3) is 0 Å². The molecule has 0 aliphatic carbocycles. The average Bonchev–Trinajstić information content (AvgIpc) is 2.90. The molecule has 0 spiro atoms. The molecule has 4 aromatic rings. The Morgan fingerprint density at radius 2 is 0.921 bits per heavy atom. The molecule has 0 radical (unpaired) electrons. The van der Waals surface area contributed by atoms with E-state index in [1.807, 2.05) is 48.5 Å². The summed E-state index contributed by atoms with van der Waals surface area (Å²) in [7, 11) is 0. The zero-order valence-corrected chi connectivity index (χ0v) is 21.8. The standard InChI is InChI=1S/C32H29NO5/c1-31(2,22-5-13-26(34)14-6-22)24-9-17-28(18-10-24)37-30(35)38-29-19-11-25(12-20-29)32(3,4)23-7-15-27(16-8-23)36-21-33/h5-20,34H,1-4H3. The van der Waals surface area contributed by atoms with Gasteiger partial charge < -0.3 is 19.3 Å². The van der Waals surface area contributed by atoms with E-state index in [0.717, 1.165) is 22.3 Å². The van der Waals surface area contributed by atoms with Crippen molar-refractivity contribution in [2.45, 2.75) is 38.5 Å². The van der Waals surface area contributed by atoms with Crippen LogP contribution in [-0.2, 0) is 10.8 Å². The lowest BCUT2D eigenvalue weighted by molar-refractivity contribution is 0.152. The lowest BCUT2D eigenvalue weighted by Crippen LogP contribution is -2.19. The normalized spacial score (nSPS) is 11.3. The van der Waals surface area contributed by atoms with Gasteiger partial charge in [-0.2, -0.15) is 0 Å². The minimum atomic E-state index is -0.823. The number of rotatable bonds is 7. The van der Waals surface area contributed by atoms with E-state index in [4.69, 9.17) is 19.5 Å². The topological polar surface area (TPSA) is 88.8 Å². The second kappa shape index (κ2) is 10.7. The Morgan fingerprint density at radius 3 is 1.26 bits per heavy atom. The molecule has 0 saturated heterocycles. The summed E-state index contributed by atoms with van der Waals surface area (Å²) in [5.74, 6) is 1.47. The molecule has 6 nitrogen and oxygen atoms in total. The van der Waals surface area contributed by atoms with Gasteiger partial charge >= 0.3 is 6.16 Å². The molecule has 0 aliphatic rings. The van der Waals surface area contributed by atoms with Crippen molar-refractivity contribution in [2.75, 3.05) is 0 Å². The van der Waals surface area contributed by atoms with Crippen molar-refractivity contribution in [2.24, 2.45) is 0 Å². The van der Waals surface area contributed by atoms with Crippen LogP contribution >= 0.6 is 0 Å². The second-order valence-electron chi connectivity index (χ2n) is 10.0. The maximum Gasteiger partial charge on any atom is 0.519 e. The first-order valence-electron chi connectivity index (χ1n) is 12.2. The van der Waals surface area contributed by atoms with Crippen LogP contribution in [0.15, 0.2) is 97.1 Å². The van der Waals surface area contributed by atoms with Gasteiger partial charge in [0.25, 0.3) is 6.26 Å². The Bertz CT molecular complexity index is 1430. The third-order valence-corrected chi connectivity index (χ3v) is 6.88. The van der Waals surface area contributed by atoms with Gasteiger partial charge in [0, 0.05) is 10.8 Å². The molecule has 0 atom stereocenters. The van der Waals surface area contributed by atoms with Crippen molar-refractivity contribution in [3.05, 3.63) is 119 Å². The average molecular weight is 508 g/mol. The van der Waals surface area contributed by atoms with Crippen molar-refractivity contribution in [1.29, 1.82) is 5.26 Å². The highest BCUT2D eigenvalue weighted by Crippen LogP contribution is 2.34. The fraction of sp³-hybridized carbons (Fsp3) is 0.188. The molecule has 192 valence electrons. The van der Waals surface area contributed by atoms with E-state index in [9.17, 15) is 9.90 Å². The van der Waals surface area contributed by atoms with Crippen LogP contribution < -0.4 is 14.2 Å². The van der Waals surface area contributed by atoms with Gasteiger partial charge in [-0.1, -0.05) is 76.2 Å². The molecule has 1 N–H and O–H groups in total. The van der Waals surface area contributed by atoms with E-state index in [0.29, 0.717) is 17.2 Å². The Hall–Kier alpha value is -4.76. The number of phenolic OH excluding ortho intramolecular Hbond substituents is 1. The molecular weight excluding hydrogens is 478 g/mol. The van der Waals surface area contributed by atoms with Crippen LogP contribution in [0.2, 0.25) is 0 Å². The minimum Gasteiger partial charge on any atom is -0.508 e. The number of carbonyl (C=O) groups is 1. The summed E-state index contributed by atoms with van der Waals surface area (Å²) in [6.45, 7) is 8.35. The monoisotopic (exact) mass is 507 g/mol. The highest BCUT2D eigenvalue weighted by atomic mass is 16.7. The first-order valence-corrected chi connectivity index (χ1v) is 12.2. The number of carbonyl (C=O) groups excluding carboxylic acids is 1.